The molecule has 1 aromatic rings. The summed E-state index contributed by atoms with van der Waals surface area (Å²) in [4.78, 5) is 0. The summed E-state index contributed by atoms with van der Waals surface area (Å²) >= 11 is 0. The maximum absolute atomic E-state index is 2.41. The summed E-state index contributed by atoms with van der Waals surface area (Å²) in [6, 6.07) is 10.8. The summed E-state index contributed by atoms with van der Waals surface area (Å²) in [7, 11) is 0. The minimum absolute atomic E-state index is 0.132. The maximum atomic E-state index is 2.41. The van der Waals surface area contributed by atoms with Crippen molar-refractivity contribution >= 4 is 5.57 Å². The summed E-state index contributed by atoms with van der Waals surface area (Å²) in [6.07, 6.45) is 9.21. The van der Waals surface area contributed by atoms with Crippen LogP contribution in [0.1, 0.15) is 47.1 Å². The number of hydrogen-bond donors (Lipinski definition) is 0. The lowest BCUT2D eigenvalue weighted by Crippen LogP contribution is -2.19. The van der Waals surface area contributed by atoms with Crippen LogP contribution < -0.4 is 0 Å². The van der Waals surface area contributed by atoms with Crippen molar-refractivity contribution in [2.75, 3.05) is 0 Å². The van der Waals surface area contributed by atoms with Gasteiger partial charge in [0.1, 0.15) is 0 Å². The second-order valence-corrected chi connectivity index (χ2v) is 8.07. The van der Waals surface area contributed by atoms with Gasteiger partial charge >= 0.3 is 0 Å². The Morgan fingerprint density at radius 3 is 2.10 bits per heavy atom. The smallest absolute Gasteiger partial charge is 0.00697 e. The molecule has 0 amide bonds. The standard InChI is InChI=1S/C21H28/c1-20(2,3)18-14-10-13-17(18)15-19(21(4,5)6)16-11-8-7-9-12-16/h7-15,18H,1-6H3. The number of rotatable bonds is 2. The Bertz CT molecular complexity index is 569. The summed E-state index contributed by atoms with van der Waals surface area (Å²) in [5, 5.41) is 0. The van der Waals surface area contributed by atoms with Crippen LogP contribution in [0.25, 0.3) is 5.57 Å². The quantitative estimate of drug-likeness (QED) is 0.598. The molecule has 0 saturated carbocycles. The first-order valence-electron chi connectivity index (χ1n) is 7.85. The van der Waals surface area contributed by atoms with Crippen molar-refractivity contribution in [3.05, 3.63) is 65.8 Å². The lowest BCUT2D eigenvalue weighted by molar-refractivity contribution is 0.337. The molecule has 0 aliphatic heterocycles. The first-order chi connectivity index (χ1) is 9.69. The van der Waals surface area contributed by atoms with E-state index in [0.717, 1.165) is 0 Å². The molecule has 21 heavy (non-hydrogen) atoms. The zero-order valence-electron chi connectivity index (χ0n) is 14.3. The van der Waals surface area contributed by atoms with Crippen molar-refractivity contribution in [2.45, 2.75) is 41.5 Å². The van der Waals surface area contributed by atoms with E-state index in [9.17, 15) is 0 Å². The van der Waals surface area contributed by atoms with Crippen LogP contribution in [0.5, 0.6) is 0 Å². The van der Waals surface area contributed by atoms with Gasteiger partial charge in [-0.05, 0) is 27.5 Å². The molecule has 0 nitrogen and oxygen atoms in total. The summed E-state index contributed by atoms with van der Waals surface area (Å²) < 4.78 is 0. The maximum Gasteiger partial charge on any atom is 0.00697 e. The van der Waals surface area contributed by atoms with Crippen LogP contribution in [0, 0.1) is 16.7 Å². The summed E-state index contributed by atoms with van der Waals surface area (Å²) in [5.41, 5.74) is 4.55. The second-order valence-electron chi connectivity index (χ2n) is 8.07. The third kappa shape index (κ3) is 3.75. The minimum Gasteiger partial charge on any atom is -0.0765 e. The Morgan fingerprint density at radius 2 is 1.57 bits per heavy atom. The summed E-state index contributed by atoms with van der Waals surface area (Å²) in [5.74, 6) is 0.499. The second kappa shape index (κ2) is 5.67. The van der Waals surface area contributed by atoms with Crippen molar-refractivity contribution in [1.29, 1.82) is 0 Å². The molecule has 0 spiro atoms. The molecule has 1 aliphatic carbocycles. The Morgan fingerprint density at radius 1 is 0.952 bits per heavy atom. The molecule has 0 aromatic heterocycles. The molecular formula is C21H28. The Hall–Kier alpha value is -1.56. The van der Waals surface area contributed by atoms with Crippen molar-refractivity contribution in [1.82, 2.24) is 0 Å². The van der Waals surface area contributed by atoms with Crippen LogP contribution in [-0.2, 0) is 0 Å². The Balaban J connectivity index is 2.44. The Kier molecular flexibility index (Phi) is 4.27. The largest absolute Gasteiger partial charge is 0.0765 e. The third-order valence-electron chi connectivity index (χ3n) is 4.09. The zero-order chi connectivity index (χ0) is 15.7. The van der Waals surface area contributed by atoms with Gasteiger partial charge in [-0.3, -0.25) is 0 Å². The third-order valence-corrected chi connectivity index (χ3v) is 4.09. The van der Waals surface area contributed by atoms with Gasteiger partial charge in [-0.1, -0.05) is 96.2 Å². The van der Waals surface area contributed by atoms with Gasteiger partial charge in [-0.15, -0.1) is 0 Å². The molecular weight excluding hydrogens is 252 g/mol. The van der Waals surface area contributed by atoms with E-state index in [0.29, 0.717) is 5.92 Å². The van der Waals surface area contributed by atoms with Crippen molar-refractivity contribution in [3.8, 4) is 0 Å². The van der Waals surface area contributed by atoms with Crippen LogP contribution >= 0.6 is 0 Å². The molecule has 112 valence electrons. The van der Waals surface area contributed by atoms with Gasteiger partial charge in [0.25, 0.3) is 0 Å². The van der Waals surface area contributed by atoms with Gasteiger partial charge in [0, 0.05) is 5.92 Å². The van der Waals surface area contributed by atoms with E-state index in [-0.39, 0.29) is 10.8 Å². The van der Waals surface area contributed by atoms with Crippen molar-refractivity contribution < 1.29 is 0 Å². The molecule has 0 N–H and O–H groups in total. The van der Waals surface area contributed by atoms with Gasteiger partial charge in [0.05, 0.1) is 0 Å². The molecule has 1 atom stereocenters. The van der Waals surface area contributed by atoms with Crippen molar-refractivity contribution in [3.63, 3.8) is 0 Å². The highest BCUT2D eigenvalue weighted by Crippen LogP contribution is 2.41. The van der Waals surface area contributed by atoms with E-state index >= 15 is 0 Å². The molecule has 0 heteroatoms. The molecule has 0 bridgehead atoms. The van der Waals surface area contributed by atoms with Crippen LogP contribution in [0.4, 0.5) is 0 Å². The first kappa shape index (κ1) is 15.8. The van der Waals surface area contributed by atoms with Gasteiger partial charge < -0.3 is 0 Å². The molecule has 0 saturated heterocycles. The molecule has 2 rings (SSSR count). The molecule has 0 fully saturated rings. The van der Waals surface area contributed by atoms with Crippen molar-refractivity contribution in [2.24, 2.45) is 16.7 Å². The van der Waals surface area contributed by atoms with E-state index in [1.165, 1.54) is 16.7 Å². The van der Waals surface area contributed by atoms with Gasteiger partial charge in [-0.2, -0.15) is 0 Å². The van der Waals surface area contributed by atoms with E-state index in [2.05, 4.69) is 96.2 Å². The molecule has 1 aromatic carbocycles. The molecule has 1 unspecified atom stereocenters. The highest BCUT2D eigenvalue weighted by Gasteiger charge is 2.28. The topological polar surface area (TPSA) is 0 Å². The SMILES string of the molecule is CC(C)(C)C(=CC1=CC=CC1C(C)(C)C)c1ccccc1. The predicted octanol–water partition coefficient (Wildman–Crippen LogP) is 6.27. The highest BCUT2D eigenvalue weighted by molar-refractivity contribution is 5.72. The van der Waals surface area contributed by atoms with E-state index in [1.807, 2.05) is 0 Å². The molecule has 0 radical (unpaired) electrons. The van der Waals surface area contributed by atoms with Gasteiger partial charge in [0.15, 0.2) is 0 Å². The molecule has 1 aliphatic rings. The first-order valence-corrected chi connectivity index (χ1v) is 7.85. The molecule has 0 heterocycles. The van der Waals surface area contributed by atoms with Crippen LogP contribution in [0.3, 0.4) is 0 Å². The van der Waals surface area contributed by atoms with Crippen LogP contribution in [0.15, 0.2) is 60.2 Å². The fourth-order valence-corrected chi connectivity index (χ4v) is 2.94. The number of hydrogen-bond acceptors (Lipinski definition) is 0. The van der Waals surface area contributed by atoms with Crippen LogP contribution in [0.2, 0.25) is 0 Å². The van der Waals surface area contributed by atoms with E-state index in [4.69, 9.17) is 0 Å². The number of allylic oxidation sites excluding steroid dienone is 6. The minimum atomic E-state index is 0.132. The average molecular weight is 280 g/mol. The fourth-order valence-electron chi connectivity index (χ4n) is 2.94. The van der Waals surface area contributed by atoms with Gasteiger partial charge in [-0.25, -0.2) is 0 Å². The fraction of sp³-hybridized carbons (Fsp3) is 0.429. The Labute approximate surface area is 130 Å². The number of benzene rings is 1. The monoisotopic (exact) mass is 280 g/mol. The predicted molar refractivity (Wildman–Crippen MR) is 94.0 cm³/mol. The van der Waals surface area contributed by atoms with E-state index < -0.39 is 0 Å². The highest BCUT2D eigenvalue weighted by atomic mass is 14.3. The van der Waals surface area contributed by atoms with Gasteiger partial charge in [0.2, 0.25) is 0 Å². The van der Waals surface area contributed by atoms with Crippen LogP contribution in [-0.4, -0.2) is 0 Å². The summed E-state index contributed by atoms with van der Waals surface area (Å²) in [6.45, 7) is 13.8. The lowest BCUT2D eigenvalue weighted by Gasteiger charge is -2.30. The lowest BCUT2D eigenvalue weighted by atomic mass is 9.75. The normalized spacial score (nSPS) is 19.8. The average Bonchev–Trinajstić information content (AvgIpc) is 2.83. The van der Waals surface area contributed by atoms with E-state index in [1.54, 1.807) is 0 Å². The zero-order valence-corrected chi connectivity index (χ0v) is 14.3.